The van der Waals surface area contributed by atoms with Gasteiger partial charge >= 0.3 is 0 Å². The molecule has 0 spiro atoms. The lowest BCUT2D eigenvalue weighted by atomic mass is 10.1. The Morgan fingerprint density at radius 2 is 1.88 bits per heavy atom. The van der Waals surface area contributed by atoms with Crippen LogP contribution in [-0.2, 0) is 13.0 Å². The standard InChI is InChI=1S/C19H28N4O.HI/c1-6-15-7-9-16(10-8-15)14(4)22-19(20-5)21-12-17-11-18(13(2)3)23-24-17;/h7-11,13-14H,6,12H2,1-5H3,(H2,20,21,22);1H. The third kappa shape index (κ3) is 6.34. The van der Waals surface area contributed by atoms with E-state index in [1.165, 1.54) is 11.1 Å². The molecule has 138 valence electrons. The largest absolute Gasteiger partial charge is 0.359 e. The second kappa shape index (κ2) is 10.4. The summed E-state index contributed by atoms with van der Waals surface area (Å²) in [6, 6.07) is 10.8. The average molecular weight is 456 g/mol. The first-order valence-corrected chi connectivity index (χ1v) is 8.55. The Morgan fingerprint density at radius 3 is 2.40 bits per heavy atom. The highest BCUT2D eigenvalue weighted by atomic mass is 127. The number of aryl methyl sites for hydroxylation is 1. The van der Waals surface area contributed by atoms with Crippen molar-refractivity contribution in [1.82, 2.24) is 15.8 Å². The van der Waals surface area contributed by atoms with Gasteiger partial charge in [0.15, 0.2) is 11.7 Å². The lowest BCUT2D eigenvalue weighted by Gasteiger charge is -2.18. The minimum Gasteiger partial charge on any atom is -0.359 e. The van der Waals surface area contributed by atoms with Crippen molar-refractivity contribution < 1.29 is 4.52 Å². The van der Waals surface area contributed by atoms with Gasteiger partial charge in [0.1, 0.15) is 0 Å². The average Bonchev–Trinajstić information content (AvgIpc) is 3.07. The third-order valence-corrected chi connectivity index (χ3v) is 4.06. The summed E-state index contributed by atoms with van der Waals surface area (Å²) in [5, 5.41) is 10.7. The maximum atomic E-state index is 5.34. The summed E-state index contributed by atoms with van der Waals surface area (Å²) in [5.74, 6) is 1.91. The molecule has 1 aromatic carbocycles. The highest BCUT2D eigenvalue weighted by Gasteiger charge is 2.10. The van der Waals surface area contributed by atoms with E-state index >= 15 is 0 Å². The molecule has 0 saturated heterocycles. The molecule has 25 heavy (non-hydrogen) atoms. The summed E-state index contributed by atoms with van der Waals surface area (Å²) >= 11 is 0. The number of aliphatic imine (C=N–C) groups is 1. The Kier molecular flexibility index (Phi) is 8.96. The zero-order valence-corrected chi connectivity index (χ0v) is 18.0. The maximum Gasteiger partial charge on any atom is 0.191 e. The van der Waals surface area contributed by atoms with Crippen LogP contribution in [0, 0.1) is 0 Å². The number of aromatic nitrogens is 1. The van der Waals surface area contributed by atoms with E-state index in [4.69, 9.17) is 4.52 Å². The number of benzene rings is 1. The highest BCUT2D eigenvalue weighted by molar-refractivity contribution is 14.0. The summed E-state index contributed by atoms with van der Waals surface area (Å²) in [7, 11) is 1.77. The van der Waals surface area contributed by atoms with Crippen LogP contribution in [0.2, 0.25) is 0 Å². The van der Waals surface area contributed by atoms with Gasteiger partial charge in [0.2, 0.25) is 0 Å². The number of halogens is 1. The van der Waals surface area contributed by atoms with Crippen molar-refractivity contribution in [1.29, 1.82) is 0 Å². The van der Waals surface area contributed by atoms with E-state index in [0.29, 0.717) is 12.5 Å². The smallest absolute Gasteiger partial charge is 0.191 e. The van der Waals surface area contributed by atoms with Crippen molar-refractivity contribution >= 4 is 29.9 Å². The molecular weight excluding hydrogens is 427 g/mol. The molecule has 6 heteroatoms. The molecule has 1 unspecified atom stereocenters. The molecule has 1 heterocycles. The minimum absolute atomic E-state index is 0. The van der Waals surface area contributed by atoms with Gasteiger partial charge in [0, 0.05) is 13.1 Å². The monoisotopic (exact) mass is 456 g/mol. The topological polar surface area (TPSA) is 62.5 Å². The number of nitrogens with one attached hydrogen (secondary N) is 2. The molecule has 1 atom stereocenters. The van der Waals surface area contributed by atoms with Gasteiger partial charge in [-0.25, -0.2) is 0 Å². The molecule has 0 saturated carbocycles. The molecule has 1 aromatic heterocycles. The molecule has 0 amide bonds. The van der Waals surface area contributed by atoms with Crippen molar-refractivity contribution in [2.75, 3.05) is 7.05 Å². The molecular formula is C19H29IN4O. The predicted molar refractivity (Wildman–Crippen MR) is 114 cm³/mol. The van der Waals surface area contributed by atoms with Crippen LogP contribution in [0.1, 0.15) is 62.2 Å². The Labute approximate surface area is 167 Å². The summed E-state index contributed by atoms with van der Waals surface area (Å²) in [4.78, 5) is 4.28. The molecule has 0 fully saturated rings. The molecule has 2 N–H and O–H groups in total. The molecule has 0 aliphatic rings. The van der Waals surface area contributed by atoms with Crippen molar-refractivity contribution in [3.8, 4) is 0 Å². The van der Waals surface area contributed by atoms with Crippen LogP contribution in [0.15, 0.2) is 39.8 Å². The van der Waals surface area contributed by atoms with E-state index in [0.717, 1.165) is 23.8 Å². The minimum atomic E-state index is 0. The summed E-state index contributed by atoms with van der Waals surface area (Å²) in [5.41, 5.74) is 3.55. The molecule has 0 radical (unpaired) electrons. The van der Waals surface area contributed by atoms with Gasteiger partial charge < -0.3 is 15.2 Å². The van der Waals surface area contributed by atoms with Gasteiger partial charge in [0.05, 0.1) is 18.3 Å². The number of nitrogens with zero attached hydrogens (tertiary/aromatic N) is 2. The highest BCUT2D eigenvalue weighted by Crippen LogP contribution is 2.15. The predicted octanol–water partition coefficient (Wildman–Crippen LogP) is 4.40. The van der Waals surface area contributed by atoms with E-state index in [1.54, 1.807) is 7.05 Å². The lowest BCUT2D eigenvalue weighted by molar-refractivity contribution is 0.371. The van der Waals surface area contributed by atoms with Gasteiger partial charge in [-0.2, -0.15) is 0 Å². The Balaban J connectivity index is 0.00000312. The number of guanidine groups is 1. The fourth-order valence-corrected chi connectivity index (χ4v) is 2.38. The van der Waals surface area contributed by atoms with Crippen molar-refractivity contribution in [2.24, 2.45) is 4.99 Å². The zero-order valence-electron chi connectivity index (χ0n) is 15.7. The summed E-state index contributed by atoms with van der Waals surface area (Å²) in [6.45, 7) is 9.04. The second-order valence-electron chi connectivity index (χ2n) is 6.26. The first-order valence-electron chi connectivity index (χ1n) is 8.55. The Morgan fingerprint density at radius 1 is 1.20 bits per heavy atom. The SMILES string of the molecule is CCc1ccc(C(C)NC(=NC)NCc2cc(C(C)C)no2)cc1.I. The molecule has 0 bridgehead atoms. The molecule has 5 nitrogen and oxygen atoms in total. The Hall–Kier alpha value is -1.57. The first kappa shape index (κ1) is 21.5. The maximum absolute atomic E-state index is 5.34. The quantitative estimate of drug-likeness (QED) is 0.384. The molecule has 0 aliphatic carbocycles. The van der Waals surface area contributed by atoms with E-state index in [9.17, 15) is 0 Å². The van der Waals surface area contributed by atoms with Crippen LogP contribution in [-0.4, -0.2) is 18.2 Å². The Bertz CT molecular complexity index is 664. The number of rotatable bonds is 6. The normalized spacial score (nSPS) is 12.6. The van der Waals surface area contributed by atoms with Gasteiger partial charge in [-0.05, 0) is 30.4 Å². The third-order valence-electron chi connectivity index (χ3n) is 4.06. The second-order valence-corrected chi connectivity index (χ2v) is 6.26. The number of hydrogen-bond acceptors (Lipinski definition) is 3. The first-order chi connectivity index (χ1) is 11.5. The van der Waals surface area contributed by atoms with E-state index in [2.05, 4.69) is 72.7 Å². The van der Waals surface area contributed by atoms with Gasteiger partial charge in [-0.15, -0.1) is 24.0 Å². The van der Waals surface area contributed by atoms with Crippen LogP contribution in [0.3, 0.4) is 0 Å². The molecule has 0 aliphatic heterocycles. The van der Waals surface area contributed by atoms with E-state index in [1.807, 2.05) is 6.07 Å². The van der Waals surface area contributed by atoms with Crippen LogP contribution >= 0.6 is 24.0 Å². The van der Waals surface area contributed by atoms with Crippen LogP contribution in [0.4, 0.5) is 0 Å². The van der Waals surface area contributed by atoms with Crippen molar-refractivity contribution in [3.63, 3.8) is 0 Å². The van der Waals surface area contributed by atoms with Crippen molar-refractivity contribution in [2.45, 2.75) is 52.6 Å². The zero-order chi connectivity index (χ0) is 17.5. The van der Waals surface area contributed by atoms with E-state index < -0.39 is 0 Å². The van der Waals surface area contributed by atoms with Gasteiger partial charge in [0.25, 0.3) is 0 Å². The van der Waals surface area contributed by atoms with Crippen LogP contribution in [0.25, 0.3) is 0 Å². The fourth-order valence-electron chi connectivity index (χ4n) is 2.38. The van der Waals surface area contributed by atoms with Crippen LogP contribution < -0.4 is 10.6 Å². The molecule has 2 rings (SSSR count). The summed E-state index contributed by atoms with van der Waals surface area (Å²) < 4.78 is 5.34. The molecule has 2 aromatic rings. The number of hydrogen-bond donors (Lipinski definition) is 2. The van der Waals surface area contributed by atoms with Gasteiger partial charge in [-0.1, -0.05) is 50.2 Å². The van der Waals surface area contributed by atoms with Crippen molar-refractivity contribution in [3.05, 3.63) is 52.9 Å². The van der Waals surface area contributed by atoms with Gasteiger partial charge in [-0.3, -0.25) is 4.99 Å². The lowest BCUT2D eigenvalue weighted by Crippen LogP contribution is -2.38. The van der Waals surface area contributed by atoms with Crippen LogP contribution in [0.5, 0.6) is 0 Å². The summed E-state index contributed by atoms with van der Waals surface area (Å²) in [6.07, 6.45) is 1.06. The fraction of sp³-hybridized carbons (Fsp3) is 0.474. The van der Waals surface area contributed by atoms with E-state index in [-0.39, 0.29) is 30.0 Å².